The van der Waals surface area contributed by atoms with Crippen molar-refractivity contribution in [3.63, 3.8) is 0 Å². The van der Waals surface area contributed by atoms with E-state index in [1.54, 1.807) is 12.1 Å². The first-order valence-electron chi connectivity index (χ1n) is 8.34. The zero-order valence-corrected chi connectivity index (χ0v) is 14.0. The predicted molar refractivity (Wildman–Crippen MR) is 96.9 cm³/mol. The van der Waals surface area contributed by atoms with E-state index in [9.17, 15) is 9.18 Å². The van der Waals surface area contributed by atoms with Crippen LogP contribution in [0, 0.1) is 5.82 Å². The molecule has 4 heteroatoms. The first-order valence-corrected chi connectivity index (χ1v) is 8.34. The van der Waals surface area contributed by atoms with E-state index in [-0.39, 0.29) is 11.7 Å². The number of hydrogen-bond donors (Lipinski definition) is 1. The van der Waals surface area contributed by atoms with Gasteiger partial charge in [-0.05, 0) is 41.0 Å². The molecule has 0 aromatic heterocycles. The molecule has 0 spiro atoms. The van der Waals surface area contributed by atoms with Crippen LogP contribution in [0.1, 0.15) is 18.9 Å². The number of para-hydroxylation sites is 1. The van der Waals surface area contributed by atoms with Crippen molar-refractivity contribution in [2.24, 2.45) is 0 Å². The average Bonchev–Trinajstić information content (AvgIpc) is 2.65. The van der Waals surface area contributed by atoms with Crippen molar-refractivity contribution in [3.8, 4) is 5.75 Å². The quantitative estimate of drug-likeness (QED) is 0.721. The minimum Gasteiger partial charge on any atom is -0.478 e. The van der Waals surface area contributed by atoms with Crippen LogP contribution in [0.5, 0.6) is 5.75 Å². The maximum absolute atomic E-state index is 13.7. The first kappa shape index (κ1) is 17.0. The van der Waals surface area contributed by atoms with Gasteiger partial charge in [-0.3, -0.25) is 4.79 Å². The second kappa shape index (κ2) is 7.79. The Morgan fingerprint density at radius 3 is 2.52 bits per heavy atom. The average molecular weight is 337 g/mol. The van der Waals surface area contributed by atoms with Crippen LogP contribution in [0.25, 0.3) is 10.8 Å². The van der Waals surface area contributed by atoms with Gasteiger partial charge in [-0.1, -0.05) is 55.5 Å². The Kier molecular flexibility index (Phi) is 5.29. The Morgan fingerprint density at radius 1 is 1.04 bits per heavy atom. The Balaban J connectivity index is 1.64. The Labute approximate surface area is 146 Å². The molecule has 0 fully saturated rings. The second-order valence-electron chi connectivity index (χ2n) is 5.84. The van der Waals surface area contributed by atoms with E-state index in [1.807, 2.05) is 49.4 Å². The van der Waals surface area contributed by atoms with Crippen LogP contribution in [0.15, 0.2) is 66.7 Å². The predicted octanol–water partition coefficient (Wildman–Crippen LogP) is 4.45. The highest BCUT2D eigenvalue weighted by molar-refractivity contribution is 5.83. The van der Waals surface area contributed by atoms with Crippen LogP contribution >= 0.6 is 0 Å². The molecule has 0 heterocycles. The molecule has 0 saturated heterocycles. The van der Waals surface area contributed by atoms with E-state index >= 15 is 0 Å². The number of nitrogens with one attached hydrogen (secondary N) is 1. The molecule has 128 valence electrons. The third kappa shape index (κ3) is 4.15. The summed E-state index contributed by atoms with van der Waals surface area (Å²) in [6.07, 6.45) is -0.268. The Bertz CT molecular complexity index is 878. The fraction of sp³-hybridized carbons (Fsp3) is 0.190. The van der Waals surface area contributed by atoms with Crippen molar-refractivity contribution in [3.05, 3.63) is 78.1 Å². The molecule has 1 unspecified atom stereocenters. The minimum absolute atomic E-state index is 0.0928. The highest BCUT2D eigenvalue weighted by Gasteiger charge is 2.19. The summed E-state index contributed by atoms with van der Waals surface area (Å²) in [5, 5.41) is 5.16. The molecule has 0 saturated carbocycles. The van der Waals surface area contributed by atoms with Gasteiger partial charge in [0.15, 0.2) is 17.7 Å². The zero-order chi connectivity index (χ0) is 17.6. The summed E-state index contributed by atoms with van der Waals surface area (Å²) in [6.45, 7) is 2.24. The van der Waals surface area contributed by atoms with Gasteiger partial charge in [0.05, 0.1) is 0 Å². The number of fused-ring (bicyclic) bond motifs is 1. The van der Waals surface area contributed by atoms with Gasteiger partial charge in [-0.25, -0.2) is 4.39 Å². The maximum Gasteiger partial charge on any atom is 0.261 e. The lowest BCUT2D eigenvalue weighted by Crippen LogP contribution is -2.37. The van der Waals surface area contributed by atoms with E-state index in [0.717, 1.165) is 16.3 Å². The molecular formula is C21H20FNO2. The molecule has 3 rings (SSSR count). The van der Waals surface area contributed by atoms with Crippen LogP contribution in [0.3, 0.4) is 0 Å². The van der Waals surface area contributed by atoms with Crippen LogP contribution in [0.4, 0.5) is 4.39 Å². The van der Waals surface area contributed by atoms with Gasteiger partial charge in [-0.2, -0.15) is 0 Å². The fourth-order valence-electron chi connectivity index (χ4n) is 2.67. The molecule has 0 aliphatic heterocycles. The molecule has 1 N–H and O–H groups in total. The van der Waals surface area contributed by atoms with Crippen molar-refractivity contribution >= 4 is 16.7 Å². The number of carbonyl (C=O) groups excluding carboxylic acids is 1. The van der Waals surface area contributed by atoms with Gasteiger partial charge in [-0.15, -0.1) is 0 Å². The van der Waals surface area contributed by atoms with E-state index in [2.05, 4.69) is 5.32 Å². The first-order chi connectivity index (χ1) is 12.2. The summed E-state index contributed by atoms with van der Waals surface area (Å²) in [6, 6.07) is 20.2. The highest BCUT2D eigenvalue weighted by Crippen LogP contribution is 2.19. The summed E-state index contributed by atoms with van der Waals surface area (Å²) in [5.74, 6) is -0.627. The molecule has 1 atom stereocenters. The molecule has 1 amide bonds. The van der Waals surface area contributed by atoms with Crippen LogP contribution in [0.2, 0.25) is 0 Å². The SMILES string of the molecule is CCC(Oc1ccccc1F)C(=O)NCc1ccc2ccccc2c1. The summed E-state index contributed by atoms with van der Waals surface area (Å²) in [7, 11) is 0. The highest BCUT2D eigenvalue weighted by atomic mass is 19.1. The number of hydrogen-bond acceptors (Lipinski definition) is 2. The van der Waals surface area contributed by atoms with Gasteiger partial charge >= 0.3 is 0 Å². The van der Waals surface area contributed by atoms with E-state index in [1.165, 1.54) is 12.1 Å². The van der Waals surface area contributed by atoms with Crippen molar-refractivity contribution in [2.45, 2.75) is 26.0 Å². The molecule has 3 aromatic rings. The lowest BCUT2D eigenvalue weighted by atomic mass is 10.1. The zero-order valence-electron chi connectivity index (χ0n) is 14.0. The van der Waals surface area contributed by atoms with E-state index < -0.39 is 11.9 Å². The van der Waals surface area contributed by atoms with Gasteiger partial charge in [0.1, 0.15) is 0 Å². The smallest absolute Gasteiger partial charge is 0.261 e. The standard InChI is InChI=1S/C21H20FNO2/c1-2-19(25-20-10-6-5-9-18(20)22)21(24)23-14-15-11-12-16-7-3-4-8-17(16)13-15/h3-13,19H,2,14H2,1H3,(H,23,24). The summed E-state index contributed by atoms with van der Waals surface area (Å²) >= 11 is 0. The normalized spacial score (nSPS) is 11.9. The van der Waals surface area contributed by atoms with Crippen LogP contribution in [-0.4, -0.2) is 12.0 Å². The molecule has 3 nitrogen and oxygen atoms in total. The maximum atomic E-state index is 13.7. The fourth-order valence-corrected chi connectivity index (χ4v) is 2.67. The molecule has 0 radical (unpaired) electrons. The number of amides is 1. The van der Waals surface area contributed by atoms with Crippen molar-refractivity contribution in [1.29, 1.82) is 0 Å². The number of halogens is 1. The molecule has 0 bridgehead atoms. The second-order valence-corrected chi connectivity index (χ2v) is 5.84. The monoisotopic (exact) mass is 337 g/mol. The lowest BCUT2D eigenvalue weighted by Gasteiger charge is -2.17. The Morgan fingerprint density at radius 2 is 1.76 bits per heavy atom. The molecule has 3 aromatic carbocycles. The molecule has 0 aliphatic carbocycles. The van der Waals surface area contributed by atoms with Gasteiger partial charge in [0.2, 0.25) is 0 Å². The number of benzene rings is 3. The molecular weight excluding hydrogens is 317 g/mol. The van der Waals surface area contributed by atoms with Gasteiger partial charge in [0, 0.05) is 6.54 Å². The van der Waals surface area contributed by atoms with Crippen molar-refractivity contribution in [1.82, 2.24) is 5.32 Å². The van der Waals surface area contributed by atoms with Gasteiger partial charge in [0.25, 0.3) is 5.91 Å². The Hall–Kier alpha value is -2.88. The van der Waals surface area contributed by atoms with Gasteiger partial charge < -0.3 is 10.1 Å². The van der Waals surface area contributed by atoms with Crippen molar-refractivity contribution < 1.29 is 13.9 Å². The lowest BCUT2D eigenvalue weighted by molar-refractivity contribution is -0.128. The topological polar surface area (TPSA) is 38.3 Å². The summed E-state index contributed by atoms with van der Waals surface area (Å²) < 4.78 is 19.2. The third-order valence-electron chi connectivity index (χ3n) is 4.05. The third-order valence-corrected chi connectivity index (χ3v) is 4.05. The minimum atomic E-state index is -0.725. The van der Waals surface area contributed by atoms with Crippen LogP contribution < -0.4 is 10.1 Å². The summed E-state index contributed by atoms with van der Waals surface area (Å²) in [5.41, 5.74) is 1.01. The van der Waals surface area contributed by atoms with Crippen molar-refractivity contribution in [2.75, 3.05) is 0 Å². The molecule has 25 heavy (non-hydrogen) atoms. The van der Waals surface area contributed by atoms with E-state index in [4.69, 9.17) is 4.74 Å². The van der Waals surface area contributed by atoms with E-state index in [0.29, 0.717) is 13.0 Å². The van der Waals surface area contributed by atoms with Crippen LogP contribution in [-0.2, 0) is 11.3 Å². The summed E-state index contributed by atoms with van der Waals surface area (Å²) in [4.78, 5) is 12.4. The number of ether oxygens (including phenoxy) is 1. The molecule has 0 aliphatic rings. The largest absolute Gasteiger partial charge is 0.478 e. The number of carbonyl (C=O) groups is 1. The number of rotatable bonds is 6.